The highest BCUT2D eigenvalue weighted by Crippen LogP contribution is 2.33. The molecule has 0 N–H and O–H groups in total. The number of fused-ring (bicyclic) bond motifs is 4. The Morgan fingerprint density at radius 2 is 1.88 bits per heavy atom. The van der Waals surface area contributed by atoms with Crippen molar-refractivity contribution in [3.8, 4) is 0 Å². The van der Waals surface area contributed by atoms with Crippen LogP contribution in [0.15, 0.2) is 12.1 Å². The smallest absolute Gasteiger partial charge is 0.264 e. The van der Waals surface area contributed by atoms with Gasteiger partial charge in [-0.1, -0.05) is 6.42 Å². The molecule has 5 heteroatoms. The van der Waals surface area contributed by atoms with E-state index in [0.717, 1.165) is 25.6 Å². The number of piperidine rings is 1. The van der Waals surface area contributed by atoms with Crippen molar-refractivity contribution in [2.75, 3.05) is 26.2 Å². The van der Waals surface area contributed by atoms with Gasteiger partial charge in [0.1, 0.15) is 0 Å². The van der Waals surface area contributed by atoms with Crippen LogP contribution in [0.1, 0.15) is 58.4 Å². The lowest BCUT2D eigenvalue weighted by Gasteiger charge is -2.40. The average Bonchev–Trinajstić information content (AvgIpc) is 2.85. The summed E-state index contributed by atoms with van der Waals surface area (Å²) in [5, 5.41) is 0. The quantitative estimate of drug-likeness (QED) is 0.786. The second-order valence-electron chi connectivity index (χ2n) is 7.78. The van der Waals surface area contributed by atoms with Crippen LogP contribution in [0.3, 0.4) is 0 Å². The summed E-state index contributed by atoms with van der Waals surface area (Å²) in [5.41, 5.74) is 0. The molecule has 130 valence electrons. The molecule has 1 saturated carbocycles. The van der Waals surface area contributed by atoms with E-state index in [9.17, 15) is 9.59 Å². The van der Waals surface area contributed by atoms with E-state index < -0.39 is 0 Å². The number of hydrogen-bond acceptors (Lipinski definition) is 4. The van der Waals surface area contributed by atoms with E-state index in [1.54, 1.807) is 13.0 Å². The van der Waals surface area contributed by atoms with Gasteiger partial charge >= 0.3 is 0 Å². The first-order valence-electron chi connectivity index (χ1n) is 9.24. The zero-order valence-corrected chi connectivity index (χ0v) is 15.2. The fourth-order valence-corrected chi connectivity index (χ4v) is 5.24. The molecule has 3 saturated heterocycles. The molecule has 3 aliphatic heterocycles. The third kappa shape index (κ3) is 3.16. The minimum absolute atomic E-state index is 0.0432. The van der Waals surface area contributed by atoms with Gasteiger partial charge in [0.15, 0.2) is 5.78 Å². The Morgan fingerprint density at radius 1 is 1.08 bits per heavy atom. The van der Waals surface area contributed by atoms with Gasteiger partial charge in [-0.15, -0.1) is 11.3 Å². The van der Waals surface area contributed by atoms with Gasteiger partial charge in [0, 0.05) is 32.2 Å². The number of thiophene rings is 1. The highest BCUT2D eigenvalue weighted by Gasteiger charge is 2.38. The second kappa shape index (κ2) is 6.60. The van der Waals surface area contributed by atoms with Gasteiger partial charge in [-0.2, -0.15) is 0 Å². The van der Waals surface area contributed by atoms with Crippen LogP contribution >= 0.6 is 11.3 Å². The number of rotatable bonds is 4. The molecular weight excluding hydrogens is 320 g/mol. The number of nitrogens with zero attached hydrogens (tertiary/aromatic N) is 2. The van der Waals surface area contributed by atoms with Crippen molar-refractivity contribution in [2.45, 2.75) is 45.1 Å². The molecule has 1 aromatic rings. The molecule has 5 rings (SSSR count). The van der Waals surface area contributed by atoms with Crippen LogP contribution < -0.4 is 0 Å². The molecule has 0 aromatic carbocycles. The molecule has 0 spiro atoms. The summed E-state index contributed by atoms with van der Waals surface area (Å²) in [6, 6.07) is 4.14. The molecule has 24 heavy (non-hydrogen) atoms. The number of carbonyl (C=O) groups is 2. The molecule has 0 radical (unpaired) electrons. The van der Waals surface area contributed by atoms with Crippen LogP contribution in [0.5, 0.6) is 0 Å². The highest BCUT2D eigenvalue weighted by atomic mass is 32.1. The maximum Gasteiger partial charge on any atom is 0.264 e. The van der Waals surface area contributed by atoms with Crippen LogP contribution in [0, 0.1) is 11.8 Å². The van der Waals surface area contributed by atoms with Crippen molar-refractivity contribution in [2.24, 2.45) is 11.8 Å². The summed E-state index contributed by atoms with van der Waals surface area (Å²) in [4.78, 5) is 30.5. The highest BCUT2D eigenvalue weighted by molar-refractivity contribution is 7.15. The van der Waals surface area contributed by atoms with E-state index in [1.807, 2.05) is 6.07 Å². The molecule has 2 bridgehead atoms. The van der Waals surface area contributed by atoms with Gasteiger partial charge in [-0.05, 0) is 56.6 Å². The Kier molecular flexibility index (Phi) is 4.48. The monoisotopic (exact) mass is 346 g/mol. The van der Waals surface area contributed by atoms with Crippen molar-refractivity contribution < 1.29 is 9.59 Å². The van der Waals surface area contributed by atoms with Crippen LogP contribution in [0.25, 0.3) is 0 Å². The summed E-state index contributed by atoms with van der Waals surface area (Å²) < 4.78 is 0. The molecule has 1 aliphatic carbocycles. The van der Waals surface area contributed by atoms with E-state index in [-0.39, 0.29) is 11.7 Å². The van der Waals surface area contributed by atoms with E-state index in [0.29, 0.717) is 21.7 Å². The van der Waals surface area contributed by atoms with Crippen molar-refractivity contribution in [3.63, 3.8) is 0 Å². The number of carbonyl (C=O) groups excluding carboxylic acids is 2. The first-order chi connectivity index (χ1) is 11.6. The lowest BCUT2D eigenvalue weighted by Crippen LogP contribution is -2.47. The predicted octanol–water partition coefficient (Wildman–Crippen LogP) is 3.29. The molecular formula is C19H26N2O2S. The van der Waals surface area contributed by atoms with Crippen LogP contribution in [0.2, 0.25) is 0 Å². The Morgan fingerprint density at radius 3 is 2.54 bits per heavy atom. The van der Waals surface area contributed by atoms with Crippen molar-refractivity contribution in [1.29, 1.82) is 0 Å². The molecule has 4 heterocycles. The van der Waals surface area contributed by atoms with Gasteiger partial charge in [-0.25, -0.2) is 0 Å². The Labute approximate surface area is 147 Å². The Bertz CT molecular complexity index is 637. The van der Waals surface area contributed by atoms with Crippen LogP contribution in [-0.4, -0.2) is 53.7 Å². The summed E-state index contributed by atoms with van der Waals surface area (Å²) >= 11 is 1.34. The van der Waals surface area contributed by atoms with Gasteiger partial charge in [0.25, 0.3) is 5.91 Å². The lowest BCUT2D eigenvalue weighted by molar-refractivity contribution is 0.0721. The predicted molar refractivity (Wildman–Crippen MR) is 95.7 cm³/mol. The molecule has 4 nitrogen and oxygen atoms in total. The summed E-state index contributed by atoms with van der Waals surface area (Å²) in [5.74, 6) is 1.67. The van der Waals surface area contributed by atoms with Gasteiger partial charge in [-0.3, -0.25) is 14.5 Å². The van der Waals surface area contributed by atoms with E-state index in [2.05, 4.69) is 9.80 Å². The van der Waals surface area contributed by atoms with Crippen molar-refractivity contribution in [1.82, 2.24) is 9.80 Å². The minimum Gasteiger partial charge on any atom is -0.336 e. The van der Waals surface area contributed by atoms with E-state index >= 15 is 0 Å². The van der Waals surface area contributed by atoms with Gasteiger partial charge in [0.05, 0.1) is 9.75 Å². The first kappa shape index (κ1) is 16.3. The summed E-state index contributed by atoms with van der Waals surface area (Å²) in [6.07, 6.45) is 6.65. The molecule has 0 unspecified atom stereocenters. The molecule has 4 aliphatic rings. The molecule has 1 aromatic heterocycles. The van der Waals surface area contributed by atoms with Gasteiger partial charge in [0.2, 0.25) is 0 Å². The maximum atomic E-state index is 12.9. The summed E-state index contributed by atoms with van der Waals surface area (Å²) in [7, 11) is 0. The SMILES string of the molecule is CC(=O)c1ccc(C(=O)N2C[C@H]3CC[C@@H](C2)N(CC2CCC2)C3)s1. The van der Waals surface area contributed by atoms with Crippen molar-refractivity contribution in [3.05, 3.63) is 21.9 Å². The van der Waals surface area contributed by atoms with Gasteiger partial charge < -0.3 is 4.90 Å². The Hall–Kier alpha value is -1.20. The number of amides is 1. The fourth-order valence-electron chi connectivity index (χ4n) is 4.37. The van der Waals surface area contributed by atoms with Crippen LogP contribution in [0.4, 0.5) is 0 Å². The topological polar surface area (TPSA) is 40.6 Å². The van der Waals surface area contributed by atoms with Crippen LogP contribution in [-0.2, 0) is 0 Å². The molecule has 2 atom stereocenters. The Balaban J connectivity index is 1.46. The average molecular weight is 346 g/mol. The van der Waals surface area contributed by atoms with Crippen molar-refractivity contribution >= 4 is 23.0 Å². The zero-order chi connectivity index (χ0) is 16.7. The van der Waals surface area contributed by atoms with E-state index in [4.69, 9.17) is 0 Å². The zero-order valence-electron chi connectivity index (χ0n) is 14.4. The largest absolute Gasteiger partial charge is 0.336 e. The van der Waals surface area contributed by atoms with E-state index in [1.165, 1.54) is 50.0 Å². The standard InChI is InChI=1S/C19H26N2O2S/c1-13(22)17-7-8-18(24-17)19(23)21-11-15-5-6-16(12-21)20(10-15)9-14-3-2-4-14/h7-8,14-16H,2-6,9-12H2,1H3/t15-,16-/m0/s1. The third-order valence-corrected chi connectivity index (χ3v) is 7.17. The fraction of sp³-hybridized carbons (Fsp3) is 0.684. The minimum atomic E-state index is 0.0432. The third-order valence-electron chi connectivity index (χ3n) is 6.00. The normalized spacial score (nSPS) is 27.8. The lowest BCUT2D eigenvalue weighted by atomic mass is 9.83. The number of ketones is 1. The molecule has 1 amide bonds. The maximum absolute atomic E-state index is 12.9. The molecule has 4 fully saturated rings. The summed E-state index contributed by atoms with van der Waals surface area (Å²) in [6.45, 7) is 5.69. The second-order valence-corrected chi connectivity index (χ2v) is 8.86. The number of hydrogen-bond donors (Lipinski definition) is 0. The number of Topliss-reactive ketones (excluding diaryl/α,β-unsaturated/α-hetero) is 1. The first-order valence-corrected chi connectivity index (χ1v) is 10.1.